The van der Waals surface area contributed by atoms with Crippen LogP contribution in [0.25, 0.3) is 0 Å². The second-order valence-electron chi connectivity index (χ2n) is 1.80. The summed E-state index contributed by atoms with van der Waals surface area (Å²) < 4.78 is 0. The van der Waals surface area contributed by atoms with Crippen molar-refractivity contribution < 1.29 is 0 Å². The zero-order valence-corrected chi connectivity index (χ0v) is 7.50. The molecule has 1 rings (SSSR count). The van der Waals surface area contributed by atoms with Gasteiger partial charge in [-0.3, -0.25) is 0 Å². The van der Waals surface area contributed by atoms with E-state index in [0.29, 0.717) is 0 Å². The highest BCUT2D eigenvalue weighted by molar-refractivity contribution is 5.85. The Bertz CT molecular complexity index is 174. The Morgan fingerprint density at radius 2 is 1.40 bits per heavy atom. The summed E-state index contributed by atoms with van der Waals surface area (Å²) in [4.78, 5) is 7.86. The number of rotatable bonds is 0. The van der Waals surface area contributed by atoms with Crippen LogP contribution in [0.4, 0.5) is 0 Å². The summed E-state index contributed by atoms with van der Waals surface area (Å²) in [5, 5.41) is 0. The van der Waals surface area contributed by atoms with Gasteiger partial charge in [-0.05, 0) is 19.9 Å². The maximum Gasteiger partial charge on any atom is 0.115 e. The molecule has 0 bridgehead atoms. The van der Waals surface area contributed by atoms with Gasteiger partial charge in [0.05, 0.1) is 0 Å². The predicted molar refractivity (Wildman–Crippen MR) is 46.0 cm³/mol. The lowest BCUT2D eigenvalue weighted by Crippen LogP contribution is -1.84. The van der Waals surface area contributed by atoms with Crippen molar-refractivity contribution in [3.63, 3.8) is 0 Å². The van der Waals surface area contributed by atoms with Gasteiger partial charge in [-0.25, -0.2) is 9.97 Å². The van der Waals surface area contributed by atoms with Crippen molar-refractivity contribution >= 4 is 24.8 Å². The van der Waals surface area contributed by atoms with Gasteiger partial charge >= 0.3 is 0 Å². The van der Waals surface area contributed by atoms with Gasteiger partial charge < -0.3 is 0 Å². The largest absolute Gasteiger partial charge is 0.242 e. The van der Waals surface area contributed by atoms with Gasteiger partial charge in [0.15, 0.2) is 0 Å². The Kier molecular flexibility index (Phi) is 6.72. The fraction of sp³-hybridized carbons (Fsp3) is 0.333. The first-order valence-electron chi connectivity index (χ1n) is 2.54. The highest BCUT2D eigenvalue weighted by Crippen LogP contribution is 1.91. The summed E-state index contributed by atoms with van der Waals surface area (Å²) in [6.45, 7) is 3.91. The minimum absolute atomic E-state index is 0. The molecule has 0 N–H and O–H groups in total. The molecule has 0 saturated heterocycles. The zero-order valence-electron chi connectivity index (χ0n) is 5.87. The molecule has 1 aromatic heterocycles. The molecule has 1 heterocycles. The van der Waals surface area contributed by atoms with Gasteiger partial charge in [-0.15, -0.1) is 24.8 Å². The molecule has 0 spiro atoms. The van der Waals surface area contributed by atoms with Gasteiger partial charge in [0.1, 0.15) is 6.33 Å². The van der Waals surface area contributed by atoms with Crippen molar-refractivity contribution in [1.29, 1.82) is 0 Å². The lowest BCUT2D eigenvalue weighted by atomic mass is 10.4. The van der Waals surface area contributed by atoms with Gasteiger partial charge in [-0.2, -0.15) is 0 Å². The minimum atomic E-state index is 0. The second kappa shape index (κ2) is 5.45. The van der Waals surface area contributed by atoms with E-state index in [2.05, 4.69) is 9.97 Å². The summed E-state index contributed by atoms with van der Waals surface area (Å²) in [7, 11) is 0. The van der Waals surface area contributed by atoms with Crippen molar-refractivity contribution in [3.05, 3.63) is 23.8 Å². The zero-order chi connectivity index (χ0) is 5.98. The predicted octanol–water partition coefficient (Wildman–Crippen LogP) is 1.94. The lowest BCUT2D eigenvalue weighted by Gasteiger charge is -1.89. The van der Waals surface area contributed by atoms with E-state index in [1.807, 2.05) is 19.9 Å². The van der Waals surface area contributed by atoms with Crippen LogP contribution in [-0.2, 0) is 0 Å². The van der Waals surface area contributed by atoms with E-state index in [9.17, 15) is 0 Å². The third-order valence-corrected chi connectivity index (χ3v) is 0.941. The number of aromatic nitrogens is 2. The minimum Gasteiger partial charge on any atom is -0.242 e. The van der Waals surface area contributed by atoms with E-state index < -0.39 is 0 Å². The SMILES string of the molecule is Cc1cc(C)ncn1.Cl.Cl. The highest BCUT2D eigenvalue weighted by Gasteiger charge is 1.83. The van der Waals surface area contributed by atoms with Crippen LogP contribution in [-0.4, -0.2) is 9.97 Å². The summed E-state index contributed by atoms with van der Waals surface area (Å²) in [6.07, 6.45) is 1.57. The smallest absolute Gasteiger partial charge is 0.115 e. The Balaban J connectivity index is 0. The Morgan fingerprint density at radius 1 is 1.00 bits per heavy atom. The normalized spacial score (nSPS) is 7.40. The molecule has 1 aromatic rings. The average molecular weight is 181 g/mol. The first kappa shape index (κ1) is 12.3. The van der Waals surface area contributed by atoms with Crippen molar-refractivity contribution in [2.24, 2.45) is 0 Å². The van der Waals surface area contributed by atoms with Crippen molar-refractivity contribution in [1.82, 2.24) is 9.97 Å². The fourth-order valence-corrected chi connectivity index (χ4v) is 0.588. The number of aryl methyl sites for hydroxylation is 2. The van der Waals surface area contributed by atoms with Crippen molar-refractivity contribution in [3.8, 4) is 0 Å². The average Bonchev–Trinajstić information content (AvgIpc) is 1.64. The maximum absolute atomic E-state index is 3.93. The Labute approximate surface area is 72.9 Å². The Hall–Kier alpha value is -0.340. The molecular weight excluding hydrogens is 171 g/mol. The maximum atomic E-state index is 3.93. The van der Waals surface area contributed by atoms with E-state index in [0.717, 1.165) is 11.4 Å². The first-order chi connectivity index (χ1) is 3.79. The van der Waals surface area contributed by atoms with Crippen LogP contribution in [0.1, 0.15) is 11.4 Å². The van der Waals surface area contributed by atoms with Crippen LogP contribution in [0, 0.1) is 13.8 Å². The summed E-state index contributed by atoms with van der Waals surface area (Å²) in [5.41, 5.74) is 2.05. The number of nitrogens with zero attached hydrogens (tertiary/aromatic N) is 2. The van der Waals surface area contributed by atoms with E-state index in [1.54, 1.807) is 6.33 Å². The van der Waals surface area contributed by atoms with Crippen LogP contribution in [0.15, 0.2) is 12.4 Å². The van der Waals surface area contributed by atoms with E-state index >= 15 is 0 Å². The second-order valence-corrected chi connectivity index (χ2v) is 1.80. The van der Waals surface area contributed by atoms with Crippen molar-refractivity contribution in [2.75, 3.05) is 0 Å². The third kappa shape index (κ3) is 3.64. The Morgan fingerprint density at radius 3 is 1.60 bits per heavy atom. The van der Waals surface area contributed by atoms with Gasteiger partial charge in [0.25, 0.3) is 0 Å². The van der Waals surface area contributed by atoms with Crippen LogP contribution >= 0.6 is 24.8 Å². The molecule has 0 atom stereocenters. The quantitative estimate of drug-likeness (QED) is 0.611. The molecule has 0 radical (unpaired) electrons. The molecule has 2 nitrogen and oxygen atoms in total. The first-order valence-corrected chi connectivity index (χ1v) is 2.54. The van der Waals surface area contributed by atoms with Gasteiger partial charge in [0, 0.05) is 11.4 Å². The highest BCUT2D eigenvalue weighted by atomic mass is 35.5. The van der Waals surface area contributed by atoms with E-state index in [-0.39, 0.29) is 24.8 Å². The molecule has 0 aliphatic carbocycles. The van der Waals surface area contributed by atoms with Crippen LogP contribution < -0.4 is 0 Å². The van der Waals surface area contributed by atoms with Gasteiger partial charge in [0.2, 0.25) is 0 Å². The third-order valence-electron chi connectivity index (χ3n) is 0.941. The van der Waals surface area contributed by atoms with Crippen LogP contribution in [0.5, 0.6) is 0 Å². The molecule has 0 saturated carbocycles. The molecule has 0 fully saturated rings. The van der Waals surface area contributed by atoms with Gasteiger partial charge in [-0.1, -0.05) is 0 Å². The molecule has 4 heteroatoms. The molecule has 0 aliphatic heterocycles. The molecule has 0 aromatic carbocycles. The molecule has 0 aliphatic rings. The van der Waals surface area contributed by atoms with E-state index in [1.165, 1.54) is 0 Å². The van der Waals surface area contributed by atoms with Crippen LogP contribution in [0.2, 0.25) is 0 Å². The molecule has 0 unspecified atom stereocenters. The fourth-order valence-electron chi connectivity index (χ4n) is 0.588. The monoisotopic (exact) mass is 180 g/mol. The summed E-state index contributed by atoms with van der Waals surface area (Å²) in [6, 6.07) is 1.94. The molecular formula is C6H10Cl2N2. The van der Waals surface area contributed by atoms with Crippen molar-refractivity contribution in [2.45, 2.75) is 13.8 Å². The molecule has 0 amide bonds. The summed E-state index contributed by atoms with van der Waals surface area (Å²) in [5.74, 6) is 0. The topological polar surface area (TPSA) is 25.8 Å². The molecule has 58 valence electrons. The number of halogens is 2. The number of hydrogen-bond acceptors (Lipinski definition) is 2. The standard InChI is InChI=1S/C6H8N2.2ClH/c1-5-3-6(2)8-4-7-5;;/h3-4H,1-2H3;2*1H. The molecule has 10 heavy (non-hydrogen) atoms. The van der Waals surface area contributed by atoms with E-state index in [4.69, 9.17) is 0 Å². The lowest BCUT2D eigenvalue weighted by molar-refractivity contribution is 1.05. The summed E-state index contributed by atoms with van der Waals surface area (Å²) >= 11 is 0. The van der Waals surface area contributed by atoms with Crippen LogP contribution in [0.3, 0.4) is 0 Å². The number of hydrogen-bond donors (Lipinski definition) is 0.